The minimum absolute atomic E-state index is 0.0167. The summed E-state index contributed by atoms with van der Waals surface area (Å²) in [5, 5.41) is 3.24. The van der Waals surface area contributed by atoms with Crippen LogP contribution in [0, 0.1) is 18.8 Å². The van der Waals surface area contributed by atoms with Crippen LogP contribution in [0.5, 0.6) is 5.75 Å². The zero-order chi connectivity index (χ0) is 22.3. The number of anilines is 1. The van der Waals surface area contributed by atoms with E-state index in [2.05, 4.69) is 37.2 Å². The molecule has 3 heterocycles. The van der Waals surface area contributed by atoms with Gasteiger partial charge in [-0.25, -0.2) is 9.97 Å². The number of carbonyl (C=O) groups is 1. The van der Waals surface area contributed by atoms with E-state index >= 15 is 0 Å². The van der Waals surface area contributed by atoms with Gasteiger partial charge in [-0.3, -0.25) is 9.69 Å². The van der Waals surface area contributed by atoms with E-state index in [4.69, 9.17) is 4.74 Å². The number of hydrogen-bond donors (Lipinski definition) is 1. The molecule has 0 bridgehead atoms. The van der Waals surface area contributed by atoms with Gasteiger partial charge in [0, 0.05) is 38.1 Å². The Kier molecular flexibility index (Phi) is 7.58. The maximum Gasteiger partial charge on any atom is 0.225 e. The average molecular weight is 438 g/mol. The number of methoxy groups -OCH3 is 1. The summed E-state index contributed by atoms with van der Waals surface area (Å²) in [4.78, 5) is 26.4. The molecule has 2 saturated heterocycles. The number of hydrogen-bond acceptors (Lipinski definition) is 6. The lowest BCUT2D eigenvalue weighted by Crippen LogP contribution is -2.45. The number of rotatable bonds is 7. The molecule has 32 heavy (non-hydrogen) atoms. The first kappa shape index (κ1) is 22.5. The fraction of sp³-hybridized carbons (Fsp3) is 0.560. The summed E-state index contributed by atoms with van der Waals surface area (Å²) in [5.74, 6) is 2.40. The first-order chi connectivity index (χ1) is 15.6. The maximum absolute atomic E-state index is 12.8. The van der Waals surface area contributed by atoms with Crippen molar-refractivity contribution in [2.24, 2.45) is 11.8 Å². The summed E-state index contributed by atoms with van der Waals surface area (Å²) in [5.41, 5.74) is 2.27. The van der Waals surface area contributed by atoms with E-state index in [1.165, 1.54) is 5.56 Å². The lowest BCUT2D eigenvalue weighted by molar-refractivity contribution is -0.125. The van der Waals surface area contributed by atoms with Crippen LogP contribution in [-0.2, 0) is 11.3 Å². The highest BCUT2D eigenvalue weighted by molar-refractivity contribution is 5.79. The number of piperidine rings is 2. The summed E-state index contributed by atoms with van der Waals surface area (Å²) in [7, 11) is 1.70. The molecule has 2 aliphatic rings. The Morgan fingerprint density at radius 1 is 1.12 bits per heavy atom. The van der Waals surface area contributed by atoms with Crippen LogP contribution >= 0.6 is 0 Å². The van der Waals surface area contributed by atoms with Gasteiger partial charge in [-0.2, -0.15) is 0 Å². The first-order valence-electron chi connectivity index (χ1n) is 11.8. The molecule has 2 aliphatic heterocycles. The molecule has 1 amide bonds. The van der Waals surface area contributed by atoms with Crippen LogP contribution in [-0.4, -0.2) is 60.6 Å². The van der Waals surface area contributed by atoms with E-state index in [1.54, 1.807) is 13.3 Å². The average Bonchev–Trinajstić information content (AvgIpc) is 2.84. The number of carbonyl (C=O) groups excluding carboxylic acids is 1. The second kappa shape index (κ2) is 10.8. The third kappa shape index (κ3) is 5.97. The van der Waals surface area contributed by atoms with E-state index in [-0.39, 0.29) is 11.8 Å². The van der Waals surface area contributed by atoms with E-state index in [1.807, 2.05) is 25.1 Å². The molecule has 0 saturated carbocycles. The van der Waals surface area contributed by atoms with Crippen molar-refractivity contribution in [2.75, 3.05) is 44.7 Å². The molecule has 0 spiro atoms. The van der Waals surface area contributed by atoms with Gasteiger partial charge in [0.05, 0.1) is 13.0 Å². The zero-order valence-electron chi connectivity index (χ0n) is 19.3. The predicted molar refractivity (Wildman–Crippen MR) is 126 cm³/mol. The largest absolute Gasteiger partial charge is 0.497 e. The van der Waals surface area contributed by atoms with E-state index < -0.39 is 0 Å². The van der Waals surface area contributed by atoms with E-state index in [0.717, 1.165) is 75.8 Å². The van der Waals surface area contributed by atoms with E-state index in [9.17, 15) is 4.79 Å². The summed E-state index contributed by atoms with van der Waals surface area (Å²) in [6, 6.07) is 10.2. The number of aromatic nitrogens is 2. The summed E-state index contributed by atoms with van der Waals surface area (Å²) < 4.78 is 5.24. The summed E-state index contributed by atoms with van der Waals surface area (Å²) in [6.07, 6.45) is 5.99. The summed E-state index contributed by atoms with van der Waals surface area (Å²) >= 11 is 0. The van der Waals surface area contributed by atoms with Crippen LogP contribution in [0.3, 0.4) is 0 Å². The zero-order valence-corrected chi connectivity index (χ0v) is 19.3. The number of amides is 1. The number of nitrogens with zero attached hydrogens (tertiary/aromatic N) is 4. The molecular weight excluding hydrogens is 402 g/mol. The Bertz CT molecular complexity index is 880. The molecule has 172 valence electrons. The van der Waals surface area contributed by atoms with Gasteiger partial charge < -0.3 is 15.0 Å². The van der Waals surface area contributed by atoms with Crippen LogP contribution in [0.4, 0.5) is 5.95 Å². The fourth-order valence-corrected chi connectivity index (χ4v) is 4.69. The van der Waals surface area contributed by atoms with Crippen LogP contribution in [0.25, 0.3) is 0 Å². The third-order valence-electron chi connectivity index (χ3n) is 6.69. The minimum atomic E-state index is 0.0167. The highest BCUT2D eigenvalue weighted by Crippen LogP contribution is 2.22. The third-order valence-corrected chi connectivity index (χ3v) is 6.69. The smallest absolute Gasteiger partial charge is 0.225 e. The second-order valence-corrected chi connectivity index (χ2v) is 9.10. The molecule has 1 aromatic heterocycles. The molecule has 0 aliphatic carbocycles. The number of nitrogens with one attached hydrogen (secondary N) is 1. The van der Waals surface area contributed by atoms with Crippen LogP contribution in [0.1, 0.15) is 36.9 Å². The Morgan fingerprint density at radius 3 is 2.62 bits per heavy atom. The lowest BCUT2D eigenvalue weighted by atomic mass is 9.94. The molecule has 2 aromatic rings. The number of likely N-dealkylation sites (tertiary alicyclic amines) is 1. The molecular formula is C25H35N5O2. The van der Waals surface area contributed by atoms with Gasteiger partial charge in [0.25, 0.3) is 0 Å². The Balaban J connectivity index is 1.19. The molecule has 1 atom stereocenters. The van der Waals surface area contributed by atoms with E-state index in [0.29, 0.717) is 12.5 Å². The summed E-state index contributed by atoms with van der Waals surface area (Å²) in [6.45, 7) is 7.51. The van der Waals surface area contributed by atoms with Gasteiger partial charge in [-0.1, -0.05) is 12.1 Å². The molecule has 4 rings (SSSR count). The van der Waals surface area contributed by atoms with Crippen molar-refractivity contribution in [1.82, 2.24) is 20.2 Å². The van der Waals surface area contributed by atoms with Gasteiger partial charge in [-0.15, -0.1) is 0 Å². The second-order valence-electron chi connectivity index (χ2n) is 9.10. The number of benzene rings is 1. The lowest BCUT2D eigenvalue weighted by Gasteiger charge is -2.34. The van der Waals surface area contributed by atoms with Crippen molar-refractivity contribution >= 4 is 11.9 Å². The van der Waals surface area contributed by atoms with Crippen molar-refractivity contribution in [1.29, 1.82) is 0 Å². The molecule has 1 aromatic carbocycles. The molecule has 7 heteroatoms. The first-order valence-corrected chi connectivity index (χ1v) is 11.8. The molecule has 0 unspecified atom stereocenters. The Morgan fingerprint density at radius 2 is 1.91 bits per heavy atom. The maximum atomic E-state index is 12.8. The topological polar surface area (TPSA) is 70.6 Å². The van der Waals surface area contributed by atoms with Gasteiger partial charge in [0.1, 0.15) is 5.75 Å². The number of aryl methyl sites for hydroxylation is 1. The van der Waals surface area contributed by atoms with Crippen molar-refractivity contribution in [3.05, 3.63) is 47.8 Å². The van der Waals surface area contributed by atoms with Crippen molar-refractivity contribution in [3.8, 4) is 5.75 Å². The van der Waals surface area contributed by atoms with Gasteiger partial charge in [0.2, 0.25) is 11.9 Å². The Hall–Kier alpha value is -2.67. The normalized spacial score (nSPS) is 20.2. The molecule has 1 N–H and O–H groups in total. The van der Waals surface area contributed by atoms with Gasteiger partial charge in [0.15, 0.2) is 0 Å². The highest BCUT2D eigenvalue weighted by atomic mass is 16.5. The Labute approximate surface area is 191 Å². The molecule has 7 nitrogen and oxygen atoms in total. The minimum Gasteiger partial charge on any atom is -0.497 e. The van der Waals surface area contributed by atoms with Crippen molar-refractivity contribution in [3.63, 3.8) is 0 Å². The fourth-order valence-electron chi connectivity index (χ4n) is 4.69. The number of ether oxygens (including phenoxy) is 1. The van der Waals surface area contributed by atoms with Crippen LogP contribution in [0.15, 0.2) is 36.5 Å². The quantitative estimate of drug-likeness (QED) is 0.718. The highest BCUT2D eigenvalue weighted by Gasteiger charge is 2.28. The van der Waals surface area contributed by atoms with Gasteiger partial charge in [-0.05, 0) is 75.4 Å². The molecule has 0 radical (unpaired) electrons. The van der Waals surface area contributed by atoms with Crippen LogP contribution in [0.2, 0.25) is 0 Å². The van der Waals surface area contributed by atoms with Crippen molar-refractivity contribution < 1.29 is 9.53 Å². The monoisotopic (exact) mass is 437 g/mol. The SMILES string of the molecule is COc1ccc(CN2CCC(CNC(=O)[C@@H]3CCCN(c4nccc(C)n4)C3)CC2)cc1. The van der Waals surface area contributed by atoms with Crippen LogP contribution < -0.4 is 15.0 Å². The standard InChI is InChI=1S/C25H35N5O2/c1-19-9-12-26-25(28-19)30-13-3-4-22(18-30)24(31)27-16-20-10-14-29(15-11-20)17-21-5-7-23(32-2)8-6-21/h5-9,12,20,22H,3-4,10-11,13-18H2,1-2H3,(H,27,31)/t22-/m1/s1. The van der Waals surface area contributed by atoms with Crippen molar-refractivity contribution in [2.45, 2.75) is 39.2 Å². The van der Waals surface area contributed by atoms with Gasteiger partial charge >= 0.3 is 0 Å². The predicted octanol–water partition coefficient (Wildman–Crippen LogP) is 3.04. The molecule has 2 fully saturated rings.